The van der Waals surface area contributed by atoms with Crippen LogP contribution in [0, 0.1) is 0 Å². The number of ether oxygens (including phenoxy) is 1. The fourth-order valence-corrected chi connectivity index (χ4v) is 1.65. The molecule has 92 valence electrons. The average Bonchev–Trinajstić information content (AvgIpc) is 2.35. The fraction of sp³-hybridized carbons (Fsp3) is 0.0769. The number of aromatic carboxylic acids is 1. The molecular weight excluding hydrogens is 236 g/mol. The summed E-state index contributed by atoms with van der Waals surface area (Å²) in [5.74, 6) is -1.64. The summed E-state index contributed by atoms with van der Waals surface area (Å²) in [5.41, 5.74) is 0.179. The lowest BCUT2D eigenvalue weighted by molar-refractivity contribution is -0.139. The molecule has 0 aliphatic rings. The molecule has 0 bridgehead atoms. The number of aliphatic carboxylic acids is 1. The van der Waals surface area contributed by atoms with Gasteiger partial charge in [0.15, 0.2) is 6.61 Å². The number of benzene rings is 2. The Bertz CT molecular complexity index is 618. The van der Waals surface area contributed by atoms with Gasteiger partial charge in [0.2, 0.25) is 0 Å². The van der Waals surface area contributed by atoms with Crippen LogP contribution in [0.5, 0.6) is 5.75 Å². The molecule has 0 radical (unpaired) electrons. The summed E-state index contributed by atoms with van der Waals surface area (Å²) in [5, 5.41) is 18.8. The van der Waals surface area contributed by atoms with Gasteiger partial charge < -0.3 is 14.9 Å². The quantitative estimate of drug-likeness (QED) is 0.861. The molecule has 0 heterocycles. The normalized spacial score (nSPS) is 10.2. The van der Waals surface area contributed by atoms with Crippen molar-refractivity contribution in [2.24, 2.45) is 0 Å². The largest absolute Gasteiger partial charge is 0.481 e. The standard InChI is InChI=1S/C13H10O5/c14-12(15)7-18-11-3-1-2-8-6-9(13(16)17)4-5-10(8)11/h1-6H,7H2,(H,14,15)(H,16,17). The van der Waals surface area contributed by atoms with Crippen molar-refractivity contribution in [3.63, 3.8) is 0 Å². The first-order valence-corrected chi connectivity index (χ1v) is 5.18. The monoisotopic (exact) mass is 246 g/mol. The predicted molar refractivity (Wildman–Crippen MR) is 64.0 cm³/mol. The SMILES string of the molecule is O=C(O)COc1cccc2cc(C(=O)O)ccc12. The minimum absolute atomic E-state index is 0.179. The van der Waals surface area contributed by atoms with Crippen LogP contribution in [0.3, 0.4) is 0 Å². The number of rotatable bonds is 4. The molecule has 2 aromatic carbocycles. The summed E-state index contributed by atoms with van der Waals surface area (Å²) in [4.78, 5) is 21.3. The van der Waals surface area contributed by atoms with Gasteiger partial charge in [0.25, 0.3) is 0 Å². The van der Waals surface area contributed by atoms with Crippen LogP contribution in [0.15, 0.2) is 36.4 Å². The highest BCUT2D eigenvalue weighted by Crippen LogP contribution is 2.26. The summed E-state index contributed by atoms with van der Waals surface area (Å²) in [6.07, 6.45) is 0. The number of carboxylic acid groups (broad SMARTS) is 2. The van der Waals surface area contributed by atoms with Gasteiger partial charge >= 0.3 is 11.9 Å². The molecule has 0 fully saturated rings. The minimum atomic E-state index is -1.06. The van der Waals surface area contributed by atoms with Gasteiger partial charge in [-0.05, 0) is 29.7 Å². The lowest BCUT2D eigenvalue weighted by atomic mass is 10.1. The number of carbonyl (C=O) groups is 2. The van der Waals surface area contributed by atoms with Gasteiger partial charge in [-0.2, -0.15) is 0 Å². The molecule has 5 heteroatoms. The van der Waals surface area contributed by atoms with E-state index in [0.717, 1.165) is 0 Å². The predicted octanol–water partition coefficient (Wildman–Crippen LogP) is 2.00. The molecule has 0 aliphatic carbocycles. The van der Waals surface area contributed by atoms with Crippen LogP contribution in [0.25, 0.3) is 10.8 Å². The van der Waals surface area contributed by atoms with Crippen molar-refractivity contribution in [1.82, 2.24) is 0 Å². The van der Waals surface area contributed by atoms with Crippen LogP contribution in [0.2, 0.25) is 0 Å². The van der Waals surface area contributed by atoms with Crippen LogP contribution < -0.4 is 4.74 Å². The van der Waals surface area contributed by atoms with Crippen molar-refractivity contribution in [1.29, 1.82) is 0 Å². The first kappa shape index (κ1) is 11.9. The van der Waals surface area contributed by atoms with E-state index >= 15 is 0 Å². The van der Waals surface area contributed by atoms with Gasteiger partial charge in [0.05, 0.1) is 5.56 Å². The summed E-state index contributed by atoms with van der Waals surface area (Å²) in [7, 11) is 0. The maximum absolute atomic E-state index is 10.8. The molecule has 5 nitrogen and oxygen atoms in total. The zero-order chi connectivity index (χ0) is 13.1. The Morgan fingerprint density at radius 1 is 1.11 bits per heavy atom. The molecule has 0 spiro atoms. The second-order valence-electron chi connectivity index (χ2n) is 3.68. The zero-order valence-electron chi connectivity index (χ0n) is 9.29. The third-order valence-corrected chi connectivity index (χ3v) is 2.44. The smallest absolute Gasteiger partial charge is 0.341 e. The van der Waals surface area contributed by atoms with Gasteiger partial charge in [-0.15, -0.1) is 0 Å². The maximum atomic E-state index is 10.8. The Morgan fingerprint density at radius 2 is 1.89 bits per heavy atom. The second-order valence-corrected chi connectivity index (χ2v) is 3.68. The third kappa shape index (κ3) is 2.40. The van der Waals surface area contributed by atoms with Gasteiger partial charge in [0, 0.05) is 5.39 Å². The Balaban J connectivity index is 2.43. The fourth-order valence-electron chi connectivity index (χ4n) is 1.65. The maximum Gasteiger partial charge on any atom is 0.341 e. The molecule has 0 aliphatic heterocycles. The highest BCUT2D eigenvalue weighted by molar-refractivity contribution is 5.96. The van der Waals surface area contributed by atoms with Crippen LogP contribution in [-0.4, -0.2) is 28.8 Å². The van der Waals surface area contributed by atoms with E-state index in [1.54, 1.807) is 24.3 Å². The van der Waals surface area contributed by atoms with Crippen molar-refractivity contribution in [2.45, 2.75) is 0 Å². The third-order valence-electron chi connectivity index (χ3n) is 2.44. The molecule has 18 heavy (non-hydrogen) atoms. The van der Waals surface area contributed by atoms with Crippen molar-refractivity contribution in [2.75, 3.05) is 6.61 Å². The molecule has 0 atom stereocenters. The van der Waals surface area contributed by atoms with E-state index in [1.165, 1.54) is 12.1 Å². The van der Waals surface area contributed by atoms with Crippen LogP contribution in [0.4, 0.5) is 0 Å². The molecule has 0 saturated carbocycles. The second kappa shape index (κ2) is 4.75. The molecule has 0 saturated heterocycles. The van der Waals surface area contributed by atoms with Gasteiger partial charge in [-0.3, -0.25) is 0 Å². The Labute approximate surface area is 102 Å². The lowest BCUT2D eigenvalue weighted by Gasteiger charge is -2.07. The van der Waals surface area contributed by atoms with E-state index in [1.807, 2.05) is 0 Å². The van der Waals surface area contributed by atoms with E-state index in [2.05, 4.69) is 0 Å². The van der Waals surface area contributed by atoms with Crippen molar-refractivity contribution < 1.29 is 24.5 Å². The molecular formula is C13H10O5. The Kier molecular flexibility index (Phi) is 3.14. The average molecular weight is 246 g/mol. The van der Waals surface area contributed by atoms with Crippen molar-refractivity contribution >= 4 is 22.7 Å². The summed E-state index contributed by atoms with van der Waals surface area (Å²) in [6, 6.07) is 9.66. The first-order chi connectivity index (χ1) is 8.58. The van der Waals surface area contributed by atoms with E-state index in [4.69, 9.17) is 14.9 Å². The Morgan fingerprint density at radius 3 is 2.56 bits per heavy atom. The molecule has 2 rings (SSSR count). The molecule has 2 N–H and O–H groups in total. The lowest BCUT2D eigenvalue weighted by Crippen LogP contribution is -2.09. The van der Waals surface area contributed by atoms with Gasteiger partial charge in [-0.25, -0.2) is 9.59 Å². The number of fused-ring (bicyclic) bond motifs is 1. The number of hydrogen-bond donors (Lipinski definition) is 2. The van der Waals surface area contributed by atoms with Crippen LogP contribution in [0.1, 0.15) is 10.4 Å². The summed E-state index contributed by atoms with van der Waals surface area (Å²) in [6.45, 7) is -0.431. The Hall–Kier alpha value is -2.56. The summed E-state index contributed by atoms with van der Waals surface area (Å²) >= 11 is 0. The van der Waals surface area contributed by atoms with Crippen LogP contribution >= 0.6 is 0 Å². The van der Waals surface area contributed by atoms with E-state index in [0.29, 0.717) is 16.5 Å². The minimum Gasteiger partial charge on any atom is -0.481 e. The van der Waals surface area contributed by atoms with Gasteiger partial charge in [0.1, 0.15) is 5.75 Å². The first-order valence-electron chi connectivity index (χ1n) is 5.18. The van der Waals surface area contributed by atoms with E-state index in [-0.39, 0.29) is 5.56 Å². The molecule has 2 aromatic rings. The summed E-state index contributed by atoms with van der Waals surface area (Å²) < 4.78 is 5.13. The van der Waals surface area contributed by atoms with Gasteiger partial charge in [-0.1, -0.05) is 12.1 Å². The topological polar surface area (TPSA) is 83.8 Å². The molecule has 0 aromatic heterocycles. The number of hydrogen-bond acceptors (Lipinski definition) is 3. The van der Waals surface area contributed by atoms with E-state index in [9.17, 15) is 9.59 Å². The highest BCUT2D eigenvalue weighted by atomic mass is 16.5. The molecule has 0 unspecified atom stereocenters. The van der Waals surface area contributed by atoms with Crippen LogP contribution in [-0.2, 0) is 4.79 Å². The van der Waals surface area contributed by atoms with Crippen molar-refractivity contribution in [3.8, 4) is 5.75 Å². The molecule has 0 amide bonds. The highest BCUT2D eigenvalue weighted by Gasteiger charge is 2.07. The van der Waals surface area contributed by atoms with E-state index < -0.39 is 18.5 Å². The number of carboxylic acids is 2. The zero-order valence-corrected chi connectivity index (χ0v) is 9.29. The van der Waals surface area contributed by atoms with Crippen molar-refractivity contribution in [3.05, 3.63) is 42.0 Å².